The van der Waals surface area contributed by atoms with Gasteiger partial charge in [0.1, 0.15) is 0 Å². The molecule has 0 bridgehead atoms. The number of hydrogen-bond acceptors (Lipinski definition) is 2. The lowest BCUT2D eigenvalue weighted by atomic mass is 10.1. The maximum absolute atomic E-state index is 3.31. The van der Waals surface area contributed by atoms with Gasteiger partial charge in [-0.2, -0.15) is 0 Å². The van der Waals surface area contributed by atoms with Gasteiger partial charge >= 0.3 is 0 Å². The smallest absolute Gasteiger partial charge is 0.0345 e. The Balaban J connectivity index is 0.000000791. The molecule has 2 heteroatoms. The van der Waals surface area contributed by atoms with Crippen LogP contribution < -0.4 is 5.32 Å². The molecule has 1 fully saturated rings. The van der Waals surface area contributed by atoms with E-state index in [0.717, 1.165) is 6.04 Å². The van der Waals surface area contributed by atoms with E-state index >= 15 is 0 Å². The van der Waals surface area contributed by atoms with E-state index in [1.165, 1.54) is 32.6 Å². The summed E-state index contributed by atoms with van der Waals surface area (Å²) in [4.78, 5) is 2.55. The minimum absolute atomic E-state index is 0.806. The Morgan fingerprint density at radius 2 is 2.00 bits per heavy atom. The predicted octanol–water partition coefficient (Wildman–Crippen LogP) is 2.27. The molecule has 0 atom stereocenters. The molecular weight excluding hydrogens is 172 g/mol. The lowest BCUT2D eigenvalue weighted by Gasteiger charge is -2.37. The number of allylic oxidation sites excluding steroid dienone is 1. The monoisotopic (exact) mass is 198 g/mol. The van der Waals surface area contributed by atoms with Crippen LogP contribution >= 0.6 is 0 Å². The van der Waals surface area contributed by atoms with Crippen molar-refractivity contribution in [3.8, 4) is 0 Å². The number of rotatable bonds is 5. The summed E-state index contributed by atoms with van der Waals surface area (Å²) in [7, 11) is 0. The second-order valence-electron chi connectivity index (χ2n) is 3.30. The summed E-state index contributed by atoms with van der Waals surface area (Å²) in [5.74, 6) is 0. The lowest BCUT2D eigenvalue weighted by Crippen LogP contribution is -2.57. The van der Waals surface area contributed by atoms with Gasteiger partial charge in [-0.15, -0.1) is 0 Å². The molecule has 0 aliphatic carbocycles. The van der Waals surface area contributed by atoms with Crippen LogP contribution in [-0.2, 0) is 0 Å². The third kappa shape index (κ3) is 4.77. The Labute approximate surface area is 89.4 Å². The highest BCUT2D eigenvalue weighted by Gasteiger charge is 2.21. The number of nitrogens with zero attached hydrogens (tertiary/aromatic N) is 1. The van der Waals surface area contributed by atoms with Gasteiger partial charge in [0.2, 0.25) is 0 Å². The van der Waals surface area contributed by atoms with Gasteiger partial charge in [0.05, 0.1) is 0 Å². The maximum atomic E-state index is 3.31. The molecule has 0 aromatic carbocycles. The van der Waals surface area contributed by atoms with Gasteiger partial charge in [-0.25, -0.2) is 0 Å². The number of nitrogens with one attached hydrogen (secondary N) is 1. The molecule has 0 amide bonds. The third-order valence-corrected chi connectivity index (χ3v) is 2.50. The van der Waals surface area contributed by atoms with Crippen molar-refractivity contribution >= 4 is 0 Å². The average molecular weight is 198 g/mol. The number of likely N-dealkylation sites (N-methyl/N-ethyl adjacent to an activating group) is 1. The zero-order chi connectivity index (χ0) is 10.8. The second-order valence-corrected chi connectivity index (χ2v) is 3.30. The van der Waals surface area contributed by atoms with E-state index in [2.05, 4.69) is 36.2 Å². The van der Waals surface area contributed by atoms with E-state index in [0.29, 0.717) is 0 Å². The van der Waals surface area contributed by atoms with E-state index in [-0.39, 0.29) is 0 Å². The summed E-state index contributed by atoms with van der Waals surface area (Å²) in [5, 5.41) is 3.31. The van der Waals surface area contributed by atoms with E-state index < -0.39 is 0 Å². The normalized spacial score (nSPS) is 16.6. The average Bonchev–Trinajstić information content (AvgIpc) is 2.17. The molecule has 0 aromatic rings. The first kappa shape index (κ1) is 13.7. The molecule has 1 aliphatic rings. The molecule has 0 unspecified atom stereocenters. The van der Waals surface area contributed by atoms with Crippen molar-refractivity contribution < 1.29 is 0 Å². The van der Waals surface area contributed by atoms with Crippen molar-refractivity contribution in [2.45, 2.75) is 40.2 Å². The van der Waals surface area contributed by atoms with Gasteiger partial charge in [-0.05, 0) is 19.9 Å². The van der Waals surface area contributed by atoms with E-state index in [1.54, 1.807) is 0 Å². The van der Waals surface area contributed by atoms with Crippen molar-refractivity contribution in [1.82, 2.24) is 10.2 Å². The fraction of sp³-hybridized carbons (Fsp3) is 0.833. The topological polar surface area (TPSA) is 15.3 Å². The van der Waals surface area contributed by atoms with Crippen LogP contribution in [-0.4, -0.2) is 37.1 Å². The Hall–Kier alpha value is -0.340. The highest BCUT2D eigenvalue weighted by molar-refractivity contribution is 4.86. The molecule has 2 nitrogen and oxygen atoms in total. The van der Waals surface area contributed by atoms with E-state index in [1.807, 2.05) is 13.8 Å². The maximum Gasteiger partial charge on any atom is 0.0345 e. The molecule has 0 aromatic heterocycles. The molecule has 1 rings (SSSR count). The highest BCUT2D eigenvalue weighted by Crippen LogP contribution is 2.05. The van der Waals surface area contributed by atoms with Crippen molar-refractivity contribution in [1.29, 1.82) is 0 Å². The van der Waals surface area contributed by atoms with Crippen LogP contribution in [0, 0.1) is 0 Å². The largest absolute Gasteiger partial charge is 0.314 e. The SMILES string of the molecule is C/C=C\CCN(CC)C1CNC1.CC. The molecular formula is C12H26N2. The van der Waals surface area contributed by atoms with Crippen molar-refractivity contribution in [3.63, 3.8) is 0 Å². The zero-order valence-corrected chi connectivity index (χ0v) is 10.2. The standard InChI is InChI=1S/C10H20N2.C2H6/c1-3-5-6-7-12(4-2)10-8-11-9-10;1-2/h3,5,10-11H,4,6-9H2,1-2H3;1-2H3/b5-3-;. The van der Waals surface area contributed by atoms with Crippen LogP contribution in [0.1, 0.15) is 34.1 Å². The predicted molar refractivity (Wildman–Crippen MR) is 64.7 cm³/mol. The lowest BCUT2D eigenvalue weighted by molar-refractivity contribution is 0.155. The van der Waals surface area contributed by atoms with Gasteiger partial charge in [-0.3, -0.25) is 4.90 Å². The van der Waals surface area contributed by atoms with Crippen molar-refractivity contribution in [2.24, 2.45) is 0 Å². The van der Waals surface area contributed by atoms with Gasteiger partial charge in [0, 0.05) is 25.7 Å². The first-order valence-corrected chi connectivity index (χ1v) is 5.94. The van der Waals surface area contributed by atoms with Gasteiger partial charge in [0.25, 0.3) is 0 Å². The highest BCUT2D eigenvalue weighted by atomic mass is 15.2. The van der Waals surface area contributed by atoms with E-state index in [4.69, 9.17) is 0 Å². The third-order valence-electron chi connectivity index (χ3n) is 2.50. The number of hydrogen-bond donors (Lipinski definition) is 1. The zero-order valence-electron chi connectivity index (χ0n) is 10.2. The van der Waals surface area contributed by atoms with Crippen LogP contribution in [0.25, 0.3) is 0 Å². The fourth-order valence-corrected chi connectivity index (χ4v) is 1.54. The Bertz CT molecular complexity index is 139. The van der Waals surface area contributed by atoms with Crippen LogP contribution in [0.5, 0.6) is 0 Å². The quantitative estimate of drug-likeness (QED) is 0.682. The van der Waals surface area contributed by atoms with Crippen molar-refractivity contribution in [3.05, 3.63) is 12.2 Å². The van der Waals surface area contributed by atoms with E-state index in [9.17, 15) is 0 Å². The fourth-order valence-electron chi connectivity index (χ4n) is 1.54. The molecule has 1 N–H and O–H groups in total. The molecule has 84 valence electrons. The Morgan fingerprint density at radius 1 is 1.36 bits per heavy atom. The summed E-state index contributed by atoms with van der Waals surface area (Å²) in [6, 6.07) is 0.806. The van der Waals surface area contributed by atoms with Crippen LogP contribution in [0.3, 0.4) is 0 Å². The summed E-state index contributed by atoms with van der Waals surface area (Å²) in [6.45, 7) is 13.1. The summed E-state index contributed by atoms with van der Waals surface area (Å²) >= 11 is 0. The summed E-state index contributed by atoms with van der Waals surface area (Å²) < 4.78 is 0. The van der Waals surface area contributed by atoms with Gasteiger partial charge in [0.15, 0.2) is 0 Å². The minimum Gasteiger partial charge on any atom is -0.314 e. The minimum atomic E-state index is 0.806. The molecule has 1 aliphatic heterocycles. The first-order chi connectivity index (χ1) is 6.88. The molecule has 0 radical (unpaired) electrons. The van der Waals surface area contributed by atoms with Crippen molar-refractivity contribution in [2.75, 3.05) is 26.2 Å². The summed E-state index contributed by atoms with van der Waals surface area (Å²) in [5.41, 5.74) is 0. The molecule has 14 heavy (non-hydrogen) atoms. The molecule has 0 saturated carbocycles. The van der Waals surface area contributed by atoms with Gasteiger partial charge in [-0.1, -0.05) is 32.9 Å². The second kappa shape index (κ2) is 9.22. The van der Waals surface area contributed by atoms with Gasteiger partial charge < -0.3 is 5.32 Å². The Morgan fingerprint density at radius 3 is 2.36 bits per heavy atom. The molecule has 1 saturated heterocycles. The van der Waals surface area contributed by atoms with Crippen LogP contribution in [0.4, 0.5) is 0 Å². The van der Waals surface area contributed by atoms with Crippen LogP contribution in [0.2, 0.25) is 0 Å². The molecule has 0 spiro atoms. The molecule has 1 heterocycles. The Kier molecular flexibility index (Phi) is 9.00. The van der Waals surface area contributed by atoms with Crippen LogP contribution in [0.15, 0.2) is 12.2 Å². The first-order valence-electron chi connectivity index (χ1n) is 5.94. The summed E-state index contributed by atoms with van der Waals surface area (Å²) in [6.07, 6.45) is 5.57.